The van der Waals surface area contributed by atoms with E-state index in [1.807, 2.05) is 0 Å². The van der Waals surface area contributed by atoms with Gasteiger partial charge in [0.05, 0.1) is 6.61 Å². The van der Waals surface area contributed by atoms with Crippen LogP contribution in [0.25, 0.3) is 10.1 Å². The van der Waals surface area contributed by atoms with Gasteiger partial charge in [-0.1, -0.05) is 30.4 Å². The first kappa shape index (κ1) is 9.53. The summed E-state index contributed by atoms with van der Waals surface area (Å²) in [6.45, 7) is 5.05. The molecule has 0 N–H and O–H groups in total. The van der Waals surface area contributed by atoms with E-state index in [2.05, 4.69) is 38.1 Å². The molecular formula is C12H14OS. The molecule has 1 aromatic heterocycles. The van der Waals surface area contributed by atoms with Crippen molar-refractivity contribution in [3.63, 3.8) is 0 Å². The molecule has 0 aliphatic rings. The highest BCUT2D eigenvalue weighted by molar-refractivity contribution is 7.20. The highest BCUT2D eigenvalue weighted by atomic mass is 32.1. The zero-order valence-corrected chi connectivity index (χ0v) is 9.36. The molecule has 2 rings (SSSR count). The standard InChI is InChI=1S/C12H14OS/c1-3-6-13-12-8-10-5-4-9(2)7-11(10)14-12/h4-5,7-8H,3,6H2,1-2H3. The third-order valence-electron chi connectivity index (χ3n) is 2.10. The molecule has 14 heavy (non-hydrogen) atoms. The summed E-state index contributed by atoms with van der Waals surface area (Å²) in [6.07, 6.45) is 1.06. The first-order valence-electron chi connectivity index (χ1n) is 4.92. The van der Waals surface area contributed by atoms with Gasteiger partial charge in [0.2, 0.25) is 0 Å². The van der Waals surface area contributed by atoms with Crippen LogP contribution in [-0.2, 0) is 0 Å². The first-order chi connectivity index (χ1) is 6.79. The summed E-state index contributed by atoms with van der Waals surface area (Å²) in [4.78, 5) is 0. The minimum atomic E-state index is 0.811. The van der Waals surface area contributed by atoms with Gasteiger partial charge < -0.3 is 4.74 Å². The lowest BCUT2D eigenvalue weighted by Gasteiger charge is -1.97. The average Bonchev–Trinajstić information content (AvgIpc) is 2.56. The number of hydrogen-bond acceptors (Lipinski definition) is 2. The van der Waals surface area contributed by atoms with Gasteiger partial charge in [0, 0.05) is 4.70 Å². The highest BCUT2D eigenvalue weighted by Crippen LogP contribution is 2.32. The van der Waals surface area contributed by atoms with Crippen molar-refractivity contribution in [1.82, 2.24) is 0 Å². The third-order valence-corrected chi connectivity index (χ3v) is 3.11. The fourth-order valence-electron chi connectivity index (χ4n) is 1.39. The van der Waals surface area contributed by atoms with Crippen LogP contribution in [-0.4, -0.2) is 6.61 Å². The van der Waals surface area contributed by atoms with Crippen LogP contribution in [0.1, 0.15) is 18.9 Å². The fraction of sp³-hybridized carbons (Fsp3) is 0.333. The Bertz CT molecular complexity index is 431. The molecule has 0 aliphatic carbocycles. The second-order valence-corrected chi connectivity index (χ2v) is 4.50. The van der Waals surface area contributed by atoms with E-state index in [0.717, 1.165) is 18.1 Å². The molecule has 1 nitrogen and oxygen atoms in total. The van der Waals surface area contributed by atoms with Gasteiger partial charge in [0.1, 0.15) is 0 Å². The summed E-state index contributed by atoms with van der Waals surface area (Å²) in [5, 5.41) is 2.32. The molecule has 0 fully saturated rings. The molecule has 0 radical (unpaired) electrons. The van der Waals surface area contributed by atoms with Crippen molar-refractivity contribution in [2.24, 2.45) is 0 Å². The quantitative estimate of drug-likeness (QED) is 0.737. The lowest BCUT2D eigenvalue weighted by Crippen LogP contribution is -1.91. The van der Waals surface area contributed by atoms with Crippen molar-refractivity contribution in [1.29, 1.82) is 0 Å². The number of ether oxygens (including phenoxy) is 1. The van der Waals surface area contributed by atoms with E-state index in [1.165, 1.54) is 15.6 Å². The van der Waals surface area contributed by atoms with Gasteiger partial charge in [-0.25, -0.2) is 0 Å². The Balaban J connectivity index is 2.32. The molecule has 0 saturated carbocycles. The Labute approximate surface area is 88.3 Å². The maximum absolute atomic E-state index is 5.60. The fourth-order valence-corrected chi connectivity index (χ4v) is 2.42. The number of hydrogen-bond donors (Lipinski definition) is 0. The molecule has 74 valence electrons. The smallest absolute Gasteiger partial charge is 0.174 e. The highest BCUT2D eigenvalue weighted by Gasteiger charge is 2.01. The second-order valence-electron chi connectivity index (χ2n) is 3.46. The van der Waals surface area contributed by atoms with Gasteiger partial charge in [0.25, 0.3) is 0 Å². The molecule has 0 saturated heterocycles. The number of thiophene rings is 1. The maximum Gasteiger partial charge on any atom is 0.174 e. The normalized spacial score (nSPS) is 10.7. The molecule has 0 bridgehead atoms. The van der Waals surface area contributed by atoms with Crippen LogP contribution in [0.4, 0.5) is 0 Å². The van der Waals surface area contributed by atoms with Crippen molar-refractivity contribution < 1.29 is 4.74 Å². The number of rotatable bonds is 3. The van der Waals surface area contributed by atoms with E-state index in [-0.39, 0.29) is 0 Å². The molecule has 2 heteroatoms. The van der Waals surface area contributed by atoms with Crippen LogP contribution in [0.15, 0.2) is 24.3 Å². The van der Waals surface area contributed by atoms with Crippen LogP contribution in [0, 0.1) is 6.92 Å². The van der Waals surface area contributed by atoms with Gasteiger partial charge >= 0.3 is 0 Å². The van der Waals surface area contributed by atoms with Gasteiger partial charge in [-0.15, -0.1) is 0 Å². The Morgan fingerprint density at radius 1 is 1.29 bits per heavy atom. The summed E-state index contributed by atoms with van der Waals surface area (Å²) >= 11 is 1.73. The number of fused-ring (bicyclic) bond motifs is 1. The van der Waals surface area contributed by atoms with E-state index in [9.17, 15) is 0 Å². The van der Waals surface area contributed by atoms with Crippen LogP contribution in [0.2, 0.25) is 0 Å². The molecule has 2 aromatic rings. The minimum Gasteiger partial charge on any atom is -0.484 e. The topological polar surface area (TPSA) is 9.23 Å². The average molecular weight is 206 g/mol. The first-order valence-corrected chi connectivity index (χ1v) is 5.74. The SMILES string of the molecule is CCCOc1cc2ccc(C)cc2s1. The van der Waals surface area contributed by atoms with Crippen molar-refractivity contribution in [2.75, 3.05) is 6.61 Å². The van der Waals surface area contributed by atoms with Crippen molar-refractivity contribution in [2.45, 2.75) is 20.3 Å². The number of aryl methyl sites for hydroxylation is 1. The Morgan fingerprint density at radius 3 is 2.93 bits per heavy atom. The predicted octanol–water partition coefficient (Wildman–Crippen LogP) is 4.00. The van der Waals surface area contributed by atoms with Crippen LogP contribution < -0.4 is 4.74 Å². The molecule has 0 amide bonds. The molecule has 1 heterocycles. The summed E-state index contributed by atoms with van der Waals surface area (Å²) in [6, 6.07) is 8.62. The van der Waals surface area contributed by atoms with Crippen LogP contribution in [0.3, 0.4) is 0 Å². The lowest BCUT2D eigenvalue weighted by atomic mass is 10.2. The van der Waals surface area contributed by atoms with Gasteiger partial charge in [-0.3, -0.25) is 0 Å². The van der Waals surface area contributed by atoms with Crippen molar-refractivity contribution >= 4 is 21.4 Å². The number of benzene rings is 1. The molecule has 0 atom stereocenters. The zero-order valence-electron chi connectivity index (χ0n) is 8.54. The van der Waals surface area contributed by atoms with E-state index >= 15 is 0 Å². The Morgan fingerprint density at radius 2 is 2.14 bits per heavy atom. The van der Waals surface area contributed by atoms with Gasteiger partial charge in [-0.05, 0) is 36.4 Å². The summed E-state index contributed by atoms with van der Waals surface area (Å²) in [5.74, 6) is 0. The molecular weight excluding hydrogens is 192 g/mol. The maximum atomic E-state index is 5.60. The Kier molecular flexibility index (Phi) is 2.73. The lowest BCUT2D eigenvalue weighted by molar-refractivity contribution is 0.327. The van der Waals surface area contributed by atoms with Gasteiger partial charge in [0.15, 0.2) is 5.06 Å². The van der Waals surface area contributed by atoms with Crippen molar-refractivity contribution in [3.05, 3.63) is 29.8 Å². The third kappa shape index (κ3) is 1.90. The monoisotopic (exact) mass is 206 g/mol. The van der Waals surface area contributed by atoms with Crippen LogP contribution in [0.5, 0.6) is 5.06 Å². The zero-order chi connectivity index (χ0) is 9.97. The predicted molar refractivity (Wildman–Crippen MR) is 62.3 cm³/mol. The largest absolute Gasteiger partial charge is 0.484 e. The summed E-state index contributed by atoms with van der Waals surface area (Å²) in [5.41, 5.74) is 1.31. The van der Waals surface area contributed by atoms with E-state index in [1.54, 1.807) is 11.3 Å². The van der Waals surface area contributed by atoms with Crippen molar-refractivity contribution in [3.8, 4) is 5.06 Å². The van der Waals surface area contributed by atoms with E-state index in [0.29, 0.717) is 0 Å². The minimum absolute atomic E-state index is 0.811. The van der Waals surface area contributed by atoms with E-state index < -0.39 is 0 Å². The van der Waals surface area contributed by atoms with Crippen LogP contribution >= 0.6 is 11.3 Å². The molecule has 0 unspecified atom stereocenters. The molecule has 1 aromatic carbocycles. The van der Waals surface area contributed by atoms with E-state index in [4.69, 9.17) is 4.74 Å². The summed E-state index contributed by atoms with van der Waals surface area (Å²) < 4.78 is 6.91. The molecule has 0 aliphatic heterocycles. The molecule has 0 spiro atoms. The second kappa shape index (κ2) is 4.01. The van der Waals surface area contributed by atoms with Gasteiger partial charge in [-0.2, -0.15) is 0 Å². The summed E-state index contributed by atoms with van der Waals surface area (Å²) in [7, 11) is 0. The Hall–Kier alpha value is -1.02.